The van der Waals surface area contributed by atoms with E-state index in [1.54, 1.807) is 9.36 Å². The van der Waals surface area contributed by atoms with E-state index in [4.69, 9.17) is 9.47 Å². The van der Waals surface area contributed by atoms with E-state index in [1.165, 1.54) is 25.3 Å². The summed E-state index contributed by atoms with van der Waals surface area (Å²) < 4.78 is 13.9. The molecule has 4 aromatic heterocycles. The van der Waals surface area contributed by atoms with Crippen molar-refractivity contribution in [3.8, 4) is 0 Å². The SMILES string of the molecule is COC(=O)C(Cc1c[nH]c2ccccc12)n1nnnc1[C@@H](c1ccccc1)N1CCN(C/C=C/c2ccccc2)CC1.COC(=O)C(Cc1c[nH]c2ccccc12)n1nnnc1[C@H](c1ccccc1)N1CCN(C/C=C/c2ccccc2)CC1. The fourth-order valence-electron chi connectivity index (χ4n) is 11.6. The average Bonchev–Trinajstić information content (AvgIpc) is 3.39. The first kappa shape index (κ1) is 56.7. The van der Waals surface area contributed by atoms with Crippen molar-refractivity contribution in [1.29, 1.82) is 0 Å². The molecule has 4 atom stereocenters. The number of H-pyrrole nitrogens is 2. The second-order valence-corrected chi connectivity index (χ2v) is 21.1. The minimum absolute atomic E-state index is 0.210. The highest BCUT2D eigenvalue weighted by atomic mass is 16.5. The zero-order valence-electron chi connectivity index (χ0n) is 47.4. The Bertz CT molecular complexity index is 3490. The number of methoxy groups -OCH3 is 2. The molecule has 18 heteroatoms. The summed E-state index contributed by atoms with van der Waals surface area (Å²) >= 11 is 0. The van der Waals surface area contributed by atoms with Gasteiger partial charge in [0.1, 0.15) is 0 Å². The molecule has 0 saturated carbocycles. The number of carbonyl (C=O) groups is 2. The summed E-state index contributed by atoms with van der Waals surface area (Å²) in [6.07, 6.45) is 13.5. The molecule has 12 rings (SSSR count). The van der Waals surface area contributed by atoms with Crippen LogP contribution in [0.2, 0.25) is 0 Å². The Morgan fingerprint density at radius 1 is 0.476 bits per heavy atom. The van der Waals surface area contributed by atoms with Crippen LogP contribution in [0.3, 0.4) is 0 Å². The van der Waals surface area contributed by atoms with Gasteiger partial charge in [-0.05, 0) is 66.4 Å². The molecule has 0 radical (unpaired) electrons. The summed E-state index contributed by atoms with van der Waals surface area (Å²) in [5.74, 6) is 0.508. The molecule has 2 saturated heterocycles. The van der Waals surface area contributed by atoms with Gasteiger partial charge in [0.2, 0.25) is 0 Å². The summed E-state index contributed by atoms with van der Waals surface area (Å²) in [5, 5.41) is 28.1. The molecule has 6 aromatic carbocycles. The molecule has 10 aromatic rings. The lowest BCUT2D eigenvalue weighted by Crippen LogP contribution is -2.48. The first-order valence-corrected chi connectivity index (χ1v) is 28.7. The number of hydrogen-bond donors (Lipinski definition) is 2. The molecule has 0 amide bonds. The Morgan fingerprint density at radius 3 is 1.21 bits per heavy atom. The largest absolute Gasteiger partial charge is 0.467 e. The highest BCUT2D eigenvalue weighted by Gasteiger charge is 2.37. The second kappa shape index (κ2) is 27.7. The van der Waals surface area contributed by atoms with Gasteiger partial charge in [0.05, 0.1) is 26.3 Å². The minimum Gasteiger partial charge on any atom is -0.467 e. The lowest BCUT2D eigenvalue weighted by Gasteiger charge is -2.38. The average molecular weight is 1120 g/mol. The molecule has 0 aliphatic carbocycles. The van der Waals surface area contributed by atoms with Crippen molar-refractivity contribution in [3.05, 3.63) is 239 Å². The molecule has 2 aliphatic heterocycles. The molecule has 2 N–H and O–H groups in total. The van der Waals surface area contributed by atoms with Crippen molar-refractivity contribution in [1.82, 2.24) is 70.0 Å². The van der Waals surface area contributed by atoms with E-state index >= 15 is 0 Å². The number of piperazine rings is 2. The predicted octanol–water partition coefficient (Wildman–Crippen LogP) is 9.06. The minimum atomic E-state index is -0.713. The molecular weight excluding hydrogens is 1050 g/mol. The van der Waals surface area contributed by atoms with Crippen molar-refractivity contribution >= 4 is 45.9 Å². The number of para-hydroxylation sites is 2. The number of nitrogens with one attached hydrogen (secondary N) is 2. The number of benzene rings is 6. The van der Waals surface area contributed by atoms with Gasteiger partial charge < -0.3 is 19.4 Å². The second-order valence-electron chi connectivity index (χ2n) is 21.1. The lowest BCUT2D eigenvalue weighted by molar-refractivity contribution is -0.145. The number of fused-ring (bicyclic) bond motifs is 2. The van der Waals surface area contributed by atoms with Gasteiger partial charge in [0.15, 0.2) is 23.7 Å². The zero-order valence-corrected chi connectivity index (χ0v) is 47.4. The fraction of sp³-hybridized carbons (Fsp3) is 0.273. The maximum Gasteiger partial charge on any atom is 0.331 e. The third-order valence-corrected chi connectivity index (χ3v) is 16.0. The van der Waals surface area contributed by atoms with Gasteiger partial charge in [0, 0.05) is 112 Å². The molecule has 6 heterocycles. The van der Waals surface area contributed by atoms with Gasteiger partial charge in [-0.15, -0.1) is 10.2 Å². The van der Waals surface area contributed by atoms with E-state index in [0.29, 0.717) is 24.5 Å². The number of aromatic amines is 2. The predicted molar refractivity (Wildman–Crippen MR) is 325 cm³/mol. The molecule has 2 fully saturated rings. The topological polar surface area (TPSA) is 184 Å². The summed E-state index contributed by atoms with van der Waals surface area (Å²) in [6.45, 7) is 8.83. The van der Waals surface area contributed by atoms with Gasteiger partial charge in [-0.3, -0.25) is 19.6 Å². The van der Waals surface area contributed by atoms with E-state index in [2.05, 4.69) is 170 Å². The first-order valence-electron chi connectivity index (χ1n) is 28.7. The van der Waals surface area contributed by atoms with E-state index in [-0.39, 0.29) is 24.0 Å². The Kier molecular flexibility index (Phi) is 18.7. The van der Waals surface area contributed by atoms with Crippen LogP contribution < -0.4 is 0 Å². The van der Waals surface area contributed by atoms with E-state index in [0.717, 1.165) is 110 Å². The molecular formula is C66H70N14O4. The van der Waals surface area contributed by atoms with Crippen molar-refractivity contribution < 1.29 is 19.1 Å². The zero-order chi connectivity index (χ0) is 57.5. The quantitative estimate of drug-likeness (QED) is 0.0689. The maximum absolute atomic E-state index is 13.2. The number of carbonyl (C=O) groups excluding carboxylic acids is 2. The molecule has 0 bridgehead atoms. The highest BCUT2D eigenvalue weighted by molar-refractivity contribution is 5.85. The number of aromatic nitrogens is 10. The Balaban J connectivity index is 0.000000175. The number of ether oxygens (including phenoxy) is 2. The van der Waals surface area contributed by atoms with Gasteiger partial charge in [-0.2, -0.15) is 0 Å². The highest BCUT2D eigenvalue weighted by Crippen LogP contribution is 2.34. The van der Waals surface area contributed by atoms with Gasteiger partial charge >= 0.3 is 11.9 Å². The summed E-state index contributed by atoms with van der Waals surface area (Å²) in [6, 6.07) is 55.6. The monoisotopic (exact) mass is 1120 g/mol. The van der Waals surface area contributed by atoms with Crippen molar-refractivity contribution in [2.75, 3.05) is 79.7 Å². The summed E-state index contributed by atoms with van der Waals surface area (Å²) in [5.41, 5.74) is 8.65. The fourth-order valence-corrected chi connectivity index (χ4v) is 11.6. The van der Waals surface area contributed by atoms with Gasteiger partial charge in [-0.1, -0.05) is 182 Å². The first-order chi connectivity index (χ1) is 41.4. The Morgan fingerprint density at radius 2 is 0.833 bits per heavy atom. The van der Waals surface area contributed by atoms with Crippen LogP contribution in [0.4, 0.5) is 0 Å². The number of esters is 2. The van der Waals surface area contributed by atoms with Gasteiger partial charge in [-0.25, -0.2) is 19.0 Å². The molecule has 428 valence electrons. The number of tetrazole rings is 2. The van der Waals surface area contributed by atoms with Gasteiger partial charge in [0.25, 0.3) is 0 Å². The van der Waals surface area contributed by atoms with Crippen molar-refractivity contribution in [2.24, 2.45) is 0 Å². The number of hydrogen-bond acceptors (Lipinski definition) is 14. The van der Waals surface area contributed by atoms with Crippen LogP contribution in [-0.2, 0) is 31.9 Å². The van der Waals surface area contributed by atoms with Crippen LogP contribution in [0.25, 0.3) is 34.0 Å². The normalized spacial score (nSPS) is 16.1. The van der Waals surface area contributed by atoms with Crippen LogP contribution in [0, 0.1) is 0 Å². The smallest absolute Gasteiger partial charge is 0.331 e. The third-order valence-electron chi connectivity index (χ3n) is 16.0. The molecule has 84 heavy (non-hydrogen) atoms. The molecule has 2 aliphatic rings. The van der Waals surface area contributed by atoms with E-state index < -0.39 is 12.1 Å². The van der Waals surface area contributed by atoms with Crippen LogP contribution >= 0.6 is 0 Å². The van der Waals surface area contributed by atoms with Crippen LogP contribution in [0.5, 0.6) is 0 Å². The third kappa shape index (κ3) is 13.5. The number of rotatable bonds is 20. The lowest BCUT2D eigenvalue weighted by atomic mass is 10.0. The number of nitrogens with zero attached hydrogens (tertiary/aromatic N) is 12. The van der Waals surface area contributed by atoms with Crippen LogP contribution in [-0.4, -0.2) is 162 Å². The maximum atomic E-state index is 13.2. The van der Waals surface area contributed by atoms with E-state index in [1.807, 2.05) is 97.3 Å². The standard InChI is InChI=1S/2C33H35N7O2/c2*1-42-33(41)30(23-27-24-34-29-17-9-8-16-28(27)29)40-32(35-36-37-40)31(26-14-6-3-7-15-26)39-21-19-38(20-22-39)18-10-13-25-11-4-2-5-12-25/h2*2-17,24,30-31,34H,18-23H2,1H3/b2*13-10+/t2*30?,31-/m10/s1. The molecule has 18 nitrogen and oxygen atoms in total. The summed E-state index contributed by atoms with van der Waals surface area (Å²) in [7, 11) is 2.82. The van der Waals surface area contributed by atoms with Crippen molar-refractivity contribution in [3.63, 3.8) is 0 Å². The Labute approximate surface area is 489 Å². The molecule has 0 spiro atoms. The van der Waals surface area contributed by atoms with Crippen molar-refractivity contribution in [2.45, 2.75) is 37.0 Å². The van der Waals surface area contributed by atoms with Crippen LogP contribution in [0.15, 0.2) is 194 Å². The molecule has 2 unspecified atom stereocenters. The Hall–Kier alpha value is -9.20. The van der Waals surface area contributed by atoms with E-state index in [9.17, 15) is 9.59 Å². The summed E-state index contributed by atoms with van der Waals surface area (Å²) in [4.78, 5) is 42.8. The van der Waals surface area contributed by atoms with Crippen LogP contribution in [0.1, 0.15) is 69.2 Å².